The summed E-state index contributed by atoms with van der Waals surface area (Å²) in [6.45, 7) is 1.60. The second-order valence-electron chi connectivity index (χ2n) is 7.73. The maximum absolute atomic E-state index is 8.84. The van der Waals surface area contributed by atoms with Gasteiger partial charge >= 0.3 is 0 Å². The molecule has 0 aliphatic carbocycles. The predicted octanol–water partition coefficient (Wildman–Crippen LogP) is 2.03. The highest BCUT2D eigenvalue weighted by Gasteiger charge is 2.07. The molecule has 0 spiro atoms. The summed E-state index contributed by atoms with van der Waals surface area (Å²) in [4.78, 5) is 17.8. The number of benzene rings is 1. The Morgan fingerprint density at radius 2 is 1.05 bits per heavy atom. The van der Waals surface area contributed by atoms with Gasteiger partial charge in [0.15, 0.2) is 11.6 Å². The Bertz CT molecular complexity index is 1130. The molecule has 0 bridgehead atoms. The van der Waals surface area contributed by atoms with Gasteiger partial charge in [-0.3, -0.25) is 4.98 Å². The number of hydrogen-bond acceptors (Lipinski definition) is 11. The van der Waals surface area contributed by atoms with Gasteiger partial charge in [-0.25, -0.2) is 15.0 Å². The first-order valence-electron chi connectivity index (χ1n) is 11.9. The Morgan fingerprint density at radius 3 is 1.62 bits per heavy atom. The standard InChI is InChI=1S/C13H17N3O2.C12H16N4O2.CH4/c17-8-1-2-10-3-4-12-11(15-10)5-6-13(16-12)14-7-9-18;17-7-5-13-11-12(14-6-8-18)16-10-4-2-1-3-9(10)15-11;/h3-6,17-18H,1-2,7-9H2,(H,14,16);1-4,17-18H,5-8H2,(H,13,15)(H,14,16);1H4. The third kappa shape index (κ3) is 9.07. The average molecular weight is 512 g/mol. The Hall–Kier alpha value is -3.64. The zero-order valence-electron chi connectivity index (χ0n) is 20.1. The first-order valence-corrected chi connectivity index (χ1v) is 11.9. The summed E-state index contributed by atoms with van der Waals surface area (Å²) in [5, 5.41) is 44.2. The van der Waals surface area contributed by atoms with Crippen molar-refractivity contribution in [1.82, 2.24) is 19.9 Å². The largest absolute Gasteiger partial charge is 0.396 e. The molecule has 0 aliphatic rings. The van der Waals surface area contributed by atoms with Crippen LogP contribution in [0.2, 0.25) is 0 Å². The van der Waals surface area contributed by atoms with E-state index in [0.29, 0.717) is 31.3 Å². The highest BCUT2D eigenvalue weighted by molar-refractivity contribution is 5.80. The van der Waals surface area contributed by atoms with E-state index in [1.165, 1.54) is 0 Å². The fourth-order valence-electron chi connectivity index (χ4n) is 3.33. The summed E-state index contributed by atoms with van der Waals surface area (Å²) < 4.78 is 0. The Labute approximate surface area is 216 Å². The molecule has 11 nitrogen and oxygen atoms in total. The molecule has 0 atom stereocenters. The summed E-state index contributed by atoms with van der Waals surface area (Å²) in [5.74, 6) is 1.90. The third-order valence-corrected chi connectivity index (χ3v) is 4.99. The summed E-state index contributed by atoms with van der Waals surface area (Å²) in [5.41, 5.74) is 4.21. The molecule has 0 unspecified atom stereocenters. The molecule has 3 aromatic heterocycles. The van der Waals surface area contributed by atoms with E-state index in [2.05, 4.69) is 35.9 Å². The molecule has 0 aliphatic heterocycles. The number of pyridine rings is 2. The van der Waals surface area contributed by atoms with Crippen LogP contribution in [0.5, 0.6) is 0 Å². The molecule has 7 N–H and O–H groups in total. The smallest absolute Gasteiger partial charge is 0.169 e. The van der Waals surface area contributed by atoms with Gasteiger partial charge in [0.2, 0.25) is 0 Å². The van der Waals surface area contributed by atoms with E-state index in [1.54, 1.807) is 0 Å². The maximum atomic E-state index is 8.84. The molecule has 4 aromatic rings. The van der Waals surface area contributed by atoms with Crippen molar-refractivity contribution in [3.05, 3.63) is 54.2 Å². The van der Waals surface area contributed by atoms with Gasteiger partial charge in [-0.2, -0.15) is 0 Å². The van der Waals surface area contributed by atoms with Crippen molar-refractivity contribution in [1.29, 1.82) is 0 Å². The average Bonchev–Trinajstić information content (AvgIpc) is 2.92. The Kier molecular flexibility index (Phi) is 12.9. The number of aliphatic hydroxyl groups excluding tert-OH is 4. The van der Waals surface area contributed by atoms with Crippen molar-refractivity contribution in [2.45, 2.75) is 20.3 Å². The summed E-state index contributed by atoms with van der Waals surface area (Å²) in [6.07, 6.45) is 1.50. The van der Waals surface area contributed by atoms with E-state index in [-0.39, 0.29) is 33.9 Å². The molecule has 1 aromatic carbocycles. The number of anilines is 3. The van der Waals surface area contributed by atoms with Crippen LogP contribution in [0.1, 0.15) is 19.5 Å². The van der Waals surface area contributed by atoms with Crippen molar-refractivity contribution in [2.75, 3.05) is 62.0 Å². The minimum atomic E-state index is 0. The highest BCUT2D eigenvalue weighted by Crippen LogP contribution is 2.20. The molecule has 0 saturated carbocycles. The minimum absolute atomic E-state index is 0. The summed E-state index contributed by atoms with van der Waals surface area (Å²) in [6, 6.07) is 15.2. The van der Waals surface area contributed by atoms with Crippen molar-refractivity contribution >= 4 is 39.5 Å². The van der Waals surface area contributed by atoms with Gasteiger partial charge in [0.25, 0.3) is 0 Å². The van der Waals surface area contributed by atoms with Crippen LogP contribution in [0, 0.1) is 0 Å². The molecule has 0 radical (unpaired) electrons. The molecule has 200 valence electrons. The topological polar surface area (TPSA) is 169 Å². The zero-order chi connectivity index (χ0) is 25.6. The monoisotopic (exact) mass is 511 g/mol. The third-order valence-electron chi connectivity index (χ3n) is 4.99. The number of hydrogen-bond donors (Lipinski definition) is 7. The maximum Gasteiger partial charge on any atom is 0.169 e. The number of nitrogens with one attached hydrogen (secondary N) is 3. The second-order valence-corrected chi connectivity index (χ2v) is 7.73. The lowest BCUT2D eigenvalue weighted by Gasteiger charge is -2.11. The van der Waals surface area contributed by atoms with Crippen LogP contribution in [0.25, 0.3) is 22.1 Å². The highest BCUT2D eigenvalue weighted by atomic mass is 16.3. The van der Waals surface area contributed by atoms with E-state index in [0.717, 1.165) is 46.4 Å². The number of aromatic nitrogens is 4. The fraction of sp³-hybridized carbons (Fsp3) is 0.385. The van der Waals surface area contributed by atoms with Crippen molar-refractivity contribution in [3.8, 4) is 0 Å². The number of aryl methyl sites for hydroxylation is 1. The molecular formula is C26H37N7O4. The van der Waals surface area contributed by atoms with Gasteiger partial charge in [0, 0.05) is 31.9 Å². The van der Waals surface area contributed by atoms with E-state index < -0.39 is 0 Å². The van der Waals surface area contributed by atoms with Gasteiger partial charge in [0.1, 0.15) is 5.82 Å². The van der Waals surface area contributed by atoms with E-state index in [9.17, 15) is 0 Å². The van der Waals surface area contributed by atoms with Crippen molar-refractivity contribution in [3.63, 3.8) is 0 Å². The van der Waals surface area contributed by atoms with Crippen molar-refractivity contribution in [2.24, 2.45) is 0 Å². The predicted molar refractivity (Wildman–Crippen MR) is 148 cm³/mol. The Balaban J connectivity index is 0.000000253. The number of nitrogens with zero attached hydrogens (tertiary/aromatic N) is 4. The molecule has 0 fully saturated rings. The molecule has 3 heterocycles. The van der Waals surface area contributed by atoms with Crippen LogP contribution < -0.4 is 16.0 Å². The number of para-hydroxylation sites is 2. The van der Waals surface area contributed by atoms with Crippen LogP contribution in [0.3, 0.4) is 0 Å². The minimum Gasteiger partial charge on any atom is -0.396 e. The van der Waals surface area contributed by atoms with Crippen LogP contribution in [0.15, 0.2) is 48.5 Å². The van der Waals surface area contributed by atoms with Gasteiger partial charge in [-0.1, -0.05) is 19.6 Å². The Morgan fingerprint density at radius 1 is 0.541 bits per heavy atom. The van der Waals surface area contributed by atoms with E-state index in [1.807, 2.05) is 48.5 Å². The lowest BCUT2D eigenvalue weighted by atomic mass is 10.2. The normalized spacial score (nSPS) is 10.4. The van der Waals surface area contributed by atoms with Gasteiger partial charge in [-0.15, -0.1) is 0 Å². The van der Waals surface area contributed by atoms with E-state index in [4.69, 9.17) is 20.4 Å². The lowest BCUT2D eigenvalue weighted by molar-refractivity contribution is 0.288. The van der Waals surface area contributed by atoms with Crippen LogP contribution >= 0.6 is 0 Å². The molecule has 11 heteroatoms. The lowest BCUT2D eigenvalue weighted by Crippen LogP contribution is -2.13. The SMILES string of the molecule is C.OCCCc1ccc2nc(NCCO)ccc2n1.OCCNc1nc2ccccc2nc1NCCO. The first-order chi connectivity index (χ1) is 17.7. The summed E-state index contributed by atoms with van der Waals surface area (Å²) >= 11 is 0. The zero-order valence-corrected chi connectivity index (χ0v) is 20.1. The molecular weight excluding hydrogens is 474 g/mol. The first kappa shape index (κ1) is 29.6. The number of rotatable bonds is 12. The molecule has 37 heavy (non-hydrogen) atoms. The van der Waals surface area contributed by atoms with Gasteiger partial charge in [-0.05, 0) is 49.2 Å². The number of fused-ring (bicyclic) bond motifs is 2. The van der Waals surface area contributed by atoms with E-state index >= 15 is 0 Å². The fourth-order valence-corrected chi connectivity index (χ4v) is 3.33. The van der Waals surface area contributed by atoms with Crippen molar-refractivity contribution < 1.29 is 20.4 Å². The summed E-state index contributed by atoms with van der Waals surface area (Å²) in [7, 11) is 0. The molecule has 4 rings (SSSR count). The van der Waals surface area contributed by atoms with Crippen LogP contribution in [-0.4, -0.2) is 86.4 Å². The second kappa shape index (κ2) is 16.2. The van der Waals surface area contributed by atoms with Crippen LogP contribution in [0.4, 0.5) is 17.5 Å². The molecule has 0 amide bonds. The number of aliphatic hydroxyl groups is 4. The quantitative estimate of drug-likeness (QED) is 0.149. The van der Waals surface area contributed by atoms with Gasteiger partial charge < -0.3 is 36.4 Å². The van der Waals surface area contributed by atoms with Gasteiger partial charge in [0.05, 0.1) is 41.9 Å². The van der Waals surface area contributed by atoms with Crippen LogP contribution in [-0.2, 0) is 6.42 Å². The molecule has 0 saturated heterocycles.